The fourth-order valence-corrected chi connectivity index (χ4v) is 5.54. The van der Waals surface area contributed by atoms with Crippen LogP contribution in [-0.2, 0) is 4.79 Å². The SMILES string of the molecule is CNCC1CCCN1C(=O)C1CCN(c2ncnc3sc(C)c(C)c23)CC1. The lowest BCUT2D eigenvalue weighted by atomic mass is 9.94. The Labute approximate surface area is 165 Å². The van der Waals surface area contributed by atoms with Gasteiger partial charge >= 0.3 is 0 Å². The predicted molar refractivity (Wildman–Crippen MR) is 110 cm³/mol. The van der Waals surface area contributed by atoms with Crippen LogP contribution in [0.4, 0.5) is 5.82 Å². The quantitative estimate of drug-likeness (QED) is 0.874. The first-order chi connectivity index (χ1) is 13.1. The number of likely N-dealkylation sites (N-methyl/N-ethyl adjacent to an activating group) is 1. The highest BCUT2D eigenvalue weighted by atomic mass is 32.1. The number of hydrogen-bond donors (Lipinski definition) is 1. The molecule has 2 saturated heterocycles. The molecule has 7 heteroatoms. The van der Waals surface area contributed by atoms with Crippen LogP contribution < -0.4 is 10.2 Å². The maximum atomic E-state index is 13.1. The van der Waals surface area contributed by atoms with Crippen molar-refractivity contribution in [3.63, 3.8) is 0 Å². The van der Waals surface area contributed by atoms with Crippen molar-refractivity contribution in [1.29, 1.82) is 0 Å². The zero-order valence-corrected chi connectivity index (χ0v) is 17.3. The molecule has 4 rings (SSSR count). The molecule has 1 atom stereocenters. The van der Waals surface area contributed by atoms with E-state index in [9.17, 15) is 4.79 Å². The van der Waals surface area contributed by atoms with Gasteiger partial charge < -0.3 is 15.1 Å². The Balaban J connectivity index is 1.46. The van der Waals surface area contributed by atoms with Gasteiger partial charge in [0.1, 0.15) is 17.0 Å². The van der Waals surface area contributed by atoms with Gasteiger partial charge in [-0.05, 0) is 52.1 Å². The van der Waals surface area contributed by atoms with E-state index in [1.165, 1.54) is 15.8 Å². The molecular formula is C20H29N5OS. The van der Waals surface area contributed by atoms with Gasteiger partial charge in [-0.15, -0.1) is 11.3 Å². The van der Waals surface area contributed by atoms with Crippen LogP contribution in [0.5, 0.6) is 0 Å². The fourth-order valence-electron chi connectivity index (χ4n) is 4.55. The Morgan fingerprint density at radius 1 is 1.22 bits per heavy atom. The number of thiophene rings is 1. The first-order valence-electron chi connectivity index (χ1n) is 10.0. The molecular weight excluding hydrogens is 358 g/mol. The molecule has 0 aliphatic carbocycles. The number of nitrogens with one attached hydrogen (secondary N) is 1. The molecule has 0 aromatic carbocycles. The number of fused-ring (bicyclic) bond motifs is 1. The van der Waals surface area contributed by atoms with Crippen molar-refractivity contribution in [1.82, 2.24) is 20.2 Å². The summed E-state index contributed by atoms with van der Waals surface area (Å²) < 4.78 is 0. The number of rotatable bonds is 4. The third-order valence-corrected chi connectivity index (χ3v) is 7.30. The van der Waals surface area contributed by atoms with Crippen LogP contribution in [0.3, 0.4) is 0 Å². The Bertz CT molecular complexity index is 827. The number of amides is 1. The predicted octanol–water partition coefficient (Wildman–Crippen LogP) is 2.73. The largest absolute Gasteiger partial charge is 0.356 e. The summed E-state index contributed by atoms with van der Waals surface area (Å²) in [5.41, 5.74) is 1.29. The molecule has 27 heavy (non-hydrogen) atoms. The molecule has 146 valence electrons. The summed E-state index contributed by atoms with van der Waals surface area (Å²) in [6.07, 6.45) is 5.76. The average molecular weight is 388 g/mol. The number of aromatic nitrogens is 2. The lowest BCUT2D eigenvalue weighted by Crippen LogP contribution is -2.46. The molecule has 0 radical (unpaired) electrons. The second kappa shape index (κ2) is 7.72. The Morgan fingerprint density at radius 2 is 2.00 bits per heavy atom. The maximum absolute atomic E-state index is 13.1. The number of anilines is 1. The van der Waals surface area contributed by atoms with Crippen molar-refractivity contribution >= 4 is 33.3 Å². The minimum absolute atomic E-state index is 0.154. The van der Waals surface area contributed by atoms with E-state index in [0.717, 1.165) is 62.5 Å². The summed E-state index contributed by atoms with van der Waals surface area (Å²) >= 11 is 1.74. The van der Waals surface area contributed by atoms with E-state index < -0.39 is 0 Å². The van der Waals surface area contributed by atoms with Gasteiger partial charge in [-0.2, -0.15) is 0 Å². The van der Waals surface area contributed by atoms with Crippen LogP contribution in [-0.4, -0.2) is 60.0 Å². The average Bonchev–Trinajstić information content (AvgIpc) is 3.26. The van der Waals surface area contributed by atoms with Crippen LogP contribution in [0.25, 0.3) is 10.2 Å². The molecule has 0 saturated carbocycles. The van der Waals surface area contributed by atoms with Gasteiger partial charge in [0.25, 0.3) is 0 Å². The van der Waals surface area contributed by atoms with Crippen LogP contribution in [0.2, 0.25) is 0 Å². The molecule has 4 heterocycles. The van der Waals surface area contributed by atoms with Crippen LogP contribution in [0.1, 0.15) is 36.1 Å². The maximum Gasteiger partial charge on any atom is 0.226 e. The molecule has 0 bridgehead atoms. The molecule has 2 aromatic rings. The summed E-state index contributed by atoms with van der Waals surface area (Å²) in [7, 11) is 1.97. The normalized spacial score (nSPS) is 21.4. The first-order valence-corrected chi connectivity index (χ1v) is 10.8. The van der Waals surface area contributed by atoms with Crippen molar-refractivity contribution in [2.45, 2.75) is 45.6 Å². The monoisotopic (exact) mass is 387 g/mol. The Hall–Kier alpha value is -1.73. The van der Waals surface area contributed by atoms with Crippen LogP contribution >= 0.6 is 11.3 Å². The van der Waals surface area contributed by atoms with Crippen molar-refractivity contribution in [2.75, 3.05) is 38.1 Å². The number of piperidine rings is 1. The molecule has 2 aliphatic heterocycles. The molecule has 1 N–H and O–H groups in total. The molecule has 1 amide bonds. The lowest BCUT2D eigenvalue weighted by molar-refractivity contribution is -0.136. The smallest absolute Gasteiger partial charge is 0.226 e. The van der Waals surface area contributed by atoms with Crippen LogP contribution in [0, 0.1) is 19.8 Å². The van der Waals surface area contributed by atoms with Gasteiger partial charge in [0, 0.05) is 43.0 Å². The van der Waals surface area contributed by atoms with E-state index >= 15 is 0 Å². The van der Waals surface area contributed by atoms with Crippen molar-refractivity contribution in [2.24, 2.45) is 5.92 Å². The summed E-state index contributed by atoms with van der Waals surface area (Å²) in [5, 5.41) is 4.43. The summed E-state index contributed by atoms with van der Waals surface area (Å²) in [5.74, 6) is 1.56. The van der Waals surface area contributed by atoms with E-state index in [2.05, 4.69) is 38.9 Å². The standard InChI is InChI=1S/C20H29N5OS/c1-13-14(2)27-19-17(13)18(22-12-23-19)24-9-6-15(7-10-24)20(26)25-8-4-5-16(25)11-21-3/h12,15-16,21H,4-11H2,1-3H3. The number of carbonyl (C=O) groups is 1. The van der Waals surface area contributed by atoms with Crippen molar-refractivity contribution < 1.29 is 4.79 Å². The van der Waals surface area contributed by atoms with Crippen molar-refractivity contribution in [3.8, 4) is 0 Å². The summed E-state index contributed by atoms with van der Waals surface area (Å²) in [4.78, 5) is 29.0. The van der Waals surface area contributed by atoms with Crippen molar-refractivity contribution in [3.05, 3.63) is 16.8 Å². The summed E-state index contributed by atoms with van der Waals surface area (Å²) in [6, 6.07) is 0.374. The third-order valence-electron chi connectivity index (χ3n) is 6.19. The molecule has 1 unspecified atom stereocenters. The van der Waals surface area contributed by atoms with E-state index in [-0.39, 0.29) is 5.92 Å². The van der Waals surface area contributed by atoms with E-state index in [1.807, 2.05) is 7.05 Å². The minimum Gasteiger partial charge on any atom is -0.356 e. The van der Waals surface area contributed by atoms with Gasteiger partial charge in [0.05, 0.1) is 5.39 Å². The van der Waals surface area contributed by atoms with E-state index in [1.54, 1.807) is 17.7 Å². The highest BCUT2D eigenvalue weighted by molar-refractivity contribution is 7.18. The second-order valence-electron chi connectivity index (χ2n) is 7.81. The number of carbonyl (C=O) groups excluding carboxylic acids is 1. The van der Waals surface area contributed by atoms with E-state index in [4.69, 9.17) is 0 Å². The van der Waals surface area contributed by atoms with Gasteiger partial charge in [-0.3, -0.25) is 4.79 Å². The van der Waals surface area contributed by atoms with Gasteiger partial charge in [0.2, 0.25) is 5.91 Å². The molecule has 2 fully saturated rings. The first kappa shape index (κ1) is 18.6. The Morgan fingerprint density at radius 3 is 2.74 bits per heavy atom. The number of aryl methyl sites for hydroxylation is 2. The Kier molecular flexibility index (Phi) is 5.32. The third kappa shape index (κ3) is 3.43. The zero-order chi connectivity index (χ0) is 19.0. The molecule has 6 nitrogen and oxygen atoms in total. The second-order valence-corrected chi connectivity index (χ2v) is 9.01. The topological polar surface area (TPSA) is 61.4 Å². The van der Waals surface area contributed by atoms with Gasteiger partial charge in [-0.1, -0.05) is 0 Å². The molecule has 2 aliphatic rings. The minimum atomic E-state index is 0.154. The number of hydrogen-bond acceptors (Lipinski definition) is 6. The highest BCUT2D eigenvalue weighted by Gasteiger charge is 2.35. The molecule has 0 spiro atoms. The fraction of sp³-hybridized carbons (Fsp3) is 0.650. The molecule has 2 aromatic heterocycles. The lowest BCUT2D eigenvalue weighted by Gasteiger charge is -2.35. The summed E-state index contributed by atoms with van der Waals surface area (Å²) in [6.45, 7) is 7.91. The van der Waals surface area contributed by atoms with Gasteiger partial charge in [0.15, 0.2) is 0 Å². The van der Waals surface area contributed by atoms with Crippen LogP contribution in [0.15, 0.2) is 6.33 Å². The number of likely N-dealkylation sites (tertiary alicyclic amines) is 1. The van der Waals surface area contributed by atoms with E-state index in [0.29, 0.717) is 11.9 Å². The zero-order valence-electron chi connectivity index (χ0n) is 16.5. The van der Waals surface area contributed by atoms with Gasteiger partial charge in [-0.25, -0.2) is 9.97 Å². The number of nitrogens with zero attached hydrogens (tertiary/aromatic N) is 4. The highest BCUT2D eigenvalue weighted by Crippen LogP contribution is 2.36.